The average Bonchev–Trinajstić information content (AvgIpc) is 2.85. The third-order valence-electron chi connectivity index (χ3n) is 6.88. The molecule has 0 saturated carbocycles. The SMILES string of the molecule is COc1ccccc1C(c1ccccc1)C1C(=NCc2ccccc2)C2CCN1CC2. The van der Waals surface area contributed by atoms with E-state index in [1.165, 1.54) is 35.2 Å². The number of aliphatic imine (C=N–C) groups is 1. The van der Waals surface area contributed by atoms with E-state index in [1.54, 1.807) is 7.11 Å². The fourth-order valence-corrected chi connectivity index (χ4v) is 5.39. The summed E-state index contributed by atoms with van der Waals surface area (Å²) in [5, 5.41) is 0. The van der Waals surface area contributed by atoms with Crippen LogP contribution in [0.25, 0.3) is 0 Å². The lowest BCUT2D eigenvalue weighted by atomic mass is 9.72. The summed E-state index contributed by atoms with van der Waals surface area (Å²) < 4.78 is 5.82. The molecule has 2 atom stereocenters. The van der Waals surface area contributed by atoms with Crippen LogP contribution >= 0.6 is 0 Å². The Hall–Kier alpha value is -2.91. The zero-order chi connectivity index (χ0) is 21.0. The van der Waals surface area contributed by atoms with Gasteiger partial charge in [-0.15, -0.1) is 0 Å². The van der Waals surface area contributed by atoms with E-state index in [9.17, 15) is 0 Å². The Bertz CT molecular complexity index is 1020. The fourth-order valence-electron chi connectivity index (χ4n) is 5.39. The van der Waals surface area contributed by atoms with Gasteiger partial charge in [0.25, 0.3) is 0 Å². The van der Waals surface area contributed by atoms with E-state index in [2.05, 4.69) is 89.8 Å². The van der Waals surface area contributed by atoms with E-state index < -0.39 is 0 Å². The minimum atomic E-state index is 0.204. The zero-order valence-electron chi connectivity index (χ0n) is 18.2. The van der Waals surface area contributed by atoms with Gasteiger partial charge in [0.15, 0.2) is 0 Å². The van der Waals surface area contributed by atoms with Crippen LogP contribution in [0, 0.1) is 5.92 Å². The van der Waals surface area contributed by atoms with Gasteiger partial charge in [-0.3, -0.25) is 9.89 Å². The van der Waals surface area contributed by atoms with Crippen LogP contribution in [0.4, 0.5) is 0 Å². The molecule has 3 heteroatoms. The summed E-state index contributed by atoms with van der Waals surface area (Å²) in [6.45, 7) is 3.06. The van der Waals surface area contributed by atoms with E-state index in [0.717, 1.165) is 25.4 Å². The Morgan fingerprint density at radius 3 is 2.23 bits per heavy atom. The van der Waals surface area contributed by atoms with Gasteiger partial charge in [-0.25, -0.2) is 0 Å². The van der Waals surface area contributed by atoms with Gasteiger partial charge in [-0.1, -0.05) is 78.9 Å². The van der Waals surface area contributed by atoms with Crippen LogP contribution in [-0.2, 0) is 6.54 Å². The molecule has 3 saturated heterocycles. The Morgan fingerprint density at radius 2 is 1.52 bits per heavy atom. The number of para-hydroxylation sites is 1. The van der Waals surface area contributed by atoms with Crippen LogP contribution in [0.5, 0.6) is 5.75 Å². The predicted molar refractivity (Wildman–Crippen MR) is 127 cm³/mol. The molecule has 0 aliphatic carbocycles. The molecule has 31 heavy (non-hydrogen) atoms. The van der Waals surface area contributed by atoms with E-state index >= 15 is 0 Å². The second-order valence-corrected chi connectivity index (χ2v) is 8.61. The highest BCUT2D eigenvalue weighted by Crippen LogP contribution is 2.43. The third kappa shape index (κ3) is 4.03. The van der Waals surface area contributed by atoms with E-state index in [1.807, 2.05) is 0 Å². The number of benzene rings is 3. The van der Waals surface area contributed by atoms with Crippen molar-refractivity contribution in [2.75, 3.05) is 20.2 Å². The lowest BCUT2D eigenvalue weighted by Crippen LogP contribution is -2.58. The van der Waals surface area contributed by atoms with Crippen LogP contribution < -0.4 is 4.74 Å². The second kappa shape index (κ2) is 9.07. The molecule has 3 aromatic carbocycles. The first-order valence-electron chi connectivity index (χ1n) is 11.3. The zero-order valence-corrected chi connectivity index (χ0v) is 18.2. The molecular weight excluding hydrogens is 380 g/mol. The van der Waals surface area contributed by atoms with Crippen LogP contribution in [0.2, 0.25) is 0 Å². The predicted octanol–water partition coefficient (Wildman–Crippen LogP) is 5.56. The topological polar surface area (TPSA) is 24.8 Å². The Labute approximate surface area is 185 Å². The van der Waals surface area contributed by atoms with Crippen molar-refractivity contribution in [2.45, 2.75) is 31.3 Å². The number of piperidine rings is 3. The number of methoxy groups -OCH3 is 1. The average molecular weight is 411 g/mol. The summed E-state index contributed by atoms with van der Waals surface area (Å²) >= 11 is 0. The monoisotopic (exact) mass is 410 g/mol. The maximum absolute atomic E-state index is 5.82. The molecule has 0 aromatic heterocycles. The molecule has 0 spiro atoms. The van der Waals surface area contributed by atoms with Crippen molar-refractivity contribution in [1.82, 2.24) is 4.90 Å². The quantitative estimate of drug-likeness (QED) is 0.531. The smallest absolute Gasteiger partial charge is 0.122 e. The van der Waals surface area contributed by atoms with Crippen molar-refractivity contribution >= 4 is 5.71 Å². The highest BCUT2D eigenvalue weighted by Gasteiger charge is 2.44. The number of hydrogen-bond acceptors (Lipinski definition) is 3. The van der Waals surface area contributed by atoms with Gasteiger partial charge in [0, 0.05) is 23.1 Å². The molecule has 0 N–H and O–H groups in total. The molecule has 3 fully saturated rings. The van der Waals surface area contributed by atoms with Gasteiger partial charge in [0.05, 0.1) is 19.7 Å². The van der Waals surface area contributed by atoms with Gasteiger partial charge in [-0.05, 0) is 43.1 Å². The minimum absolute atomic E-state index is 0.204. The van der Waals surface area contributed by atoms with Crippen molar-refractivity contribution < 1.29 is 4.74 Å². The first kappa shape index (κ1) is 20.0. The summed E-state index contributed by atoms with van der Waals surface area (Å²) in [6.07, 6.45) is 2.44. The van der Waals surface area contributed by atoms with E-state index in [0.29, 0.717) is 5.92 Å². The van der Waals surface area contributed by atoms with E-state index in [-0.39, 0.29) is 12.0 Å². The molecule has 2 bridgehead atoms. The van der Waals surface area contributed by atoms with Gasteiger partial charge in [0.1, 0.15) is 5.75 Å². The van der Waals surface area contributed by atoms with Gasteiger partial charge >= 0.3 is 0 Å². The van der Waals surface area contributed by atoms with Gasteiger partial charge in [0.2, 0.25) is 0 Å². The van der Waals surface area contributed by atoms with Crippen molar-refractivity contribution in [2.24, 2.45) is 10.9 Å². The lowest BCUT2D eigenvalue weighted by Gasteiger charge is -2.49. The third-order valence-corrected chi connectivity index (χ3v) is 6.88. The molecule has 158 valence electrons. The van der Waals surface area contributed by atoms with Crippen molar-refractivity contribution in [1.29, 1.82) is 0 Å². The second-order valence-electron chi connectivity index (χ2n) is 8.61. The summed E-state index contributed by atoms with van der Waals surface area (Å²) in [5.74, 6) is 1.75. The molecular formula is C28H30N2O. The molecule has 3 aliphatic rings. The largest absolute Gasteiger partial charge is 0.496 e. The van der Waals surface area contributed by atoms with Crippen LogP contribution in [0.3, 0.4) is 0 Å². The lowest BCUT2D eigenvalue weighted by molar-refractivity contribution is 0.135. The number of hydrogen-bond donors (Lipinski definition) is 0. The highest BCUT2D eigenvalue weighted by molar-refractivity contribution is 5.94. The Balaban J connectivity index is 1.60. The van der Waals surface area contributed by atoms with Crippen molar-refractivity contribution in [3.05, 3.63) is 102 Å². The molecule has 0 radical (unpaired) electrons. The van der Waals surface area contributed by atoms with E-state index in [4.69, 9.17) is 9.73 Å². The summed E-state index contributed by atoms with van der Waals surface area (Å²) in [4.78, 5) is 7.94. The first-order chi connectivity index (χ1) is 15.3. The summed E-state index contributed by atoms with van der Waals surface area (Å²) in [6, 6.07) is 30.3. The minimum Gasteiger partial charge on any atom is -0.496 e. The number of ether oxygens (including phenoxy) is 1. The van der Waals surface area contributed by atoms with Crippen molar-refractivity contribution in [3.63, 3.8) is 0 Å². The molecule has 6 rings (SSSR count). The molecule has 2 unspecified atom stereocenters. The summed E-state index contributed by atoms with van der Waals surface area (Å²) in [7, 11) is 1.78. The van der Waals surface area contributed by atoms with Crippen LogP contribution in [0.1, 0.15) is 35.4 Å². The Morgan fingerprint density at radius 1 is 0.871 bits per heavy atom. The van der Waals surface area contributed by atoms with Crippen LogP contribution in [0.15, 0.2) is 89.9 Å². The number of nitrogens with zero attached hydrogens (tertiary/aromatic N) is 2. The highest BCUT2D eigenvalue weighted by atomic mass is 16.5. The van der Waals surface area contributed by atoms with Gasteiger partial charge < -0.3 is 4.74 Å². The number of rotatable bonds is 6. The maximum Gasteiger partial charge on any atom is 0.122 e. The van der Waals surface area contributed by atoms with Crippen molar-refractivity contribution in [3.8, 4) is 5.75 Å². The molecule has 3 aromatic rings. The molecule has 0 amide bonds. The molecule has 3 heterocycles. The summed E-state index contributed by atoms with van der Waals surface area (Å²) in [5.41, 5.74) is 5.23. The molecule has 3 nitrogen and oxygen atoms in total. The Kier molecular flexibility index (Phi) is 5.86. The standard InChI is InChI=1S/C28H30N2O/c1-31-25-15-9-8-14-24(25)26(22-12-6-3-7-13-22)28-27(23-16-18-30(28)19-17-23)29-20-21-10-4-2-5-11-21/h2-15,23,26,28H,16-20H2,1H3. The van der Waals surface area contributed by atoms with Gasteiger partial charge in [-0.2, -0.15) is 0 Å². The van der Waals surface area contributed by atoms with Crippen LogP contribution in [-0.4, -0.2) is 36.9 Å². The number of fused-ring (bicyclic) bond motifs is 3. The maximum atomic E-state index is 5.82. The first-order valence-corrected chi connectivity index (χ1v) is 11.3. The normalized spacial score (nSPS) is 24.8. The molecule has 3 aliphatic heterocycles. The fraction of sp³-hybridized carbons (Fsp3) is 0.321.